The number of nitrogens with zero attached hydrogens (tertiary/aromatic N) is 4. The van der Waals surface area contributed by atoms with E-state index < -0.39 is 0 Å². The van der Waals surface area contributed by atoms with Crippen LogP contribution >= 0.6 is 23.1 Å². The monoisotopic (exact) mass is 471 g/mol. The van der Waals surface area contributed by atoms with Crippen LogP contribution in [0.5, 0.6) is 0 Å². The minimum atomic E-state index is -0.222. The van der Waals surface area contributed by atoms with Crippen LogP contribution in [0.25, 0.3) is 0 Å². The Hall–Kier alpha value is -2.65. The molecule has 1 aromatic heterocycles. The molecule has 1 amide bonds. The number of nitrogens with one attached hydrogen (secondary N) is 1. The van der Waals surface area contributed by atoms with E-state index in [0.29, 0.717) is 37.6 Å². The molecule has 2 heterocycles. The predicted octanol–water partition coefficient (Wildman–Crippen LogP) is 4.73. The third-order valence-corrected chi connectivity index (χ3v) is 7.48. The number of amides is 1. The maximum atomic E-state index is 14.0. The van der Waals surface area contributed by atoms with Crippen LogP contribution in [0, 0.1) is 12.7 Å². The number of benzene rings is 2. The molecule has 4 rings (SSSR count). The van der Waals surface area contributed by atoms with Crippen LogP contribution in [0.4, 0.5) is 20.9 Å². The summed E-state index contributed by atoms with van der Waals surface area (Å²) in [6.07, 6.45) is 0.934. The van der Waals surface area contributed by atoms with Gasteiger partial charge in [0.25, 0.3) is 0 Å². The maximum Gasteiger partial charge on any atom is 0.233 e. The van der Waals surface area contributed by atoms with Crippen LogP contribution in [0.3, 0.4) is 0 Å². The van der Waals surface area contributed by atoms with Gasteiger partial charge in [-0.15, -0.1) is 10.2 Å². The largest absolute Gasteiger partial charge is 0.366 e. The lowest BCUT2D eigenvalue weighted by Gasteiger charge is -2.36. The van der Waals surface area contributed by atoms with Crippen molar-refractivity contribution in [2.45, 2.75) is 24.6 Å². The van der Waals surface area contributed by atoms with Crippen molar-refractivity contribution in [2.24, 2.45) is 0 Å². The summed E-state index contributed by atoms with van der Waals surface area (Å²) in [5.74, 6) is 0.166. The van der Waals surface area contributed by atoms with Crippen molar-refractivity contribution in [2.75, 3.05) is 42.1 Å². The number of rotatable bonds is 7. The minimum Gasteiger partial charge on any atom is -0.366 e. The summed E-state index contributed by atoms with van der Waals surface area (Å²) in [5.41, 5.74) is 4.08. The molecule has 1 fully saturated rings. The van der Waals surface area contributed by atoms with Gasteiger partial charge < -0.3 is 15.1 Å². The average Bonchev–Trinajstić information content (AvgIpc) is 3.27. The molecule has 0 saturated carbocycles. The number of hydrogen-bond acceptors (Lipinski definition) is 7. The van der Waals surface area contributed by atoms with Gasteiger partial charge in [0.2, 0.25) is 11.0 Å². The molecule has 168 valence electrons. The molecule has 1 aliphatic rings. The number of thioether (sulfide) groups is 1. The number of carbonyl (C=O) groups is 1. The Bertz CT molecular complexity index is 1080. The summed E-state index contributed by atoms with van der Waals surface area (Å²) < 4.78 is 14.8. The Balaban J connectivity index is 1.28. The first kappa shape index (κ1) is 22.5. The summed E-state index contributed by atoms with van der Waals surface area (Å²) in [4.78, 5) is 16.5. The fourth-order valence-corrected chi connectivity index (χ4v) is 5.41. The second-order valence-corrected chi connectivity index (χ2v) is 9.77. The molecule has 1 aliphatic heterocycles. The number of carbonyl (C=O) groups excluding carboxylic acids is 1. The summed E-state index contributed by atoms with van der Waals surface area (Å²) in [6, 6.07) is 13.0. The standard InChI is InChI=1S/C23H26FN5OS2/c1-3-17-8-6-7-16(2)21(17)25-22-26-27-23(32-22)31-15-20(30)29-13-11-28(12-14-29)19-10-5-4-9-18(19)24/h4-10H,3,11-15H2,1-2H3,(H,25,26). The molecule has 0 bridgehead atoms. The first-order valence-electron chi connectivity index (χ1n) is 10.6. The third kappa shape index (κ3) is 5.21. The van der Waals surface area contributed by atoms with E-state index in [-0.39, 0.29) is 11.7 Å². The van der Waals surface area contributed by atoms with Crippen LogP contribution in [0.1, 0.15) is 18.1 Å². The molecule has 0 radical (unpaired) electrons. The quantitative estimate of drug-likeness (QED) is 0.503. The third-order valence-electron chi connectivity index (χ3n) is 5.52. The zero-order valence-corrected chi connectivity index (χ0v) is 19.8. The van der Waals surface area contributed by atoms with E-state index in [0.717, 1.165) is 21.6 Å². The Morgan fingerprint density at radius 1 is 1.12 bits per heavy atom. The fourth-order valence-electron chi connectivity index (χ4n) is 3.75. The van der Waals surface area contributed by atoms with Gasteiger partial charge in [-0.25, -0.2) is 4.39 Å². The summed E-state index contributed by atoms with van der Waals surface area (Å²) in [7, 11) is 0. The zero-order valence-electron chi connectivity index (χ0n) is 18.2. The lowest BCUT2D eigenvalue weighted by atomic mass is 10.1. The number of para-hydroxylation sites is 2. The zero-order chi connectivity index (χ0) is 22.5. The Morgan fingerprint density at radius 2 is 1.91 bits per heavy atom. The maximum absolute atomic E-state index is 14.0. The molecule has 9 heteroatoms. The highest BCUT2D eigenvalue weighted by Crippen LogP contribution is 2.31. The molecule has 1 saturated heterocycles. The van der Waals surface area contributed by atoms with E-state index in [1.165, 1.54) is 40.3 Å². The SMILES string of the molecule is CCc1cccc(C)c1Nc1nnc(SCC(=O)N2CCN(c3ccccc3F)CC2)s1. The fraction of sp³-hybridized carbons (Fsp3) is 0.348. The Labute approximate surface area is 195 Å². The predicted molar refractivity (Wildman–Crippen MR) is 130 cm³/mol. The van der Waals surface area contributed by atoms with E-state index in [1.54, 1.807) is 12.1 Å². The molecule has 2 aromatic carbocycles. The van der Waals surface area contributed by atoms with Crippen LogP contribution in [0.2, 0.25) is 0 Å². The van der Waals surface area contributed by atoms with Crippen molar-refractivity contribution in [1.29, 1.82) is 0 Å². The van der Waals surface area contributed by atoms with Crippen LogP contribution in [-0.4, -0.2) is 52.9 Å². The van der Waals surface area contributed by atoms with E-state index in [1.807, 2.05) is 15.9 Å². The molecule has 6 nitrogen and oxygen atoms in total. The van der Waals surface area contributed by atoms with Gasteiger partial charge in [0.1, 0.15) is 5.82 Å². The van der Waals surface area contributed by atoms with Gasteiger partial charge in [-0.05, 0) is 36.6 Å². The summed E-state index contributed by atoms with van der Waals surface area (Å²) >= 11 is 2.86. The van der Waals surface area contributed by atoms with Crippen molar-refractivity contribution < 1.29 is 9.18 Å². The number of aromatic nitrogens is 2. The molecule has 0 atom stereocenters. The van der Waals surface area contributed by atoms with Crippen molar-refractivity contribution in [3.63, 3.8) is 0 Å². The Kier molecular flexibility index (Phi) is 7.26. The van der Waals surface area contributed by atoms with Gasteiger partial charge in [-0.2, -0.15) is 0 Å². The first-order chi connectivity index (χ1) is 15.5. The number of anilines is 3. The normalized spacial score (nSPS) is 14.0. The smallest absolute Gasteiger partial charge is 0.233 e. The van der Waals surface area contributed by atoms with Crippen molar-refractivity contribution in [3.8, 4) is 0 Å². The van der Waals surface area contributed by atoms with E-state index in [9.17, 15) is 9.18 Å². The molecule has 0 spiro atoms. The minimum absolute atomic E-state index is 0.0695. The molecule has 0 unspecified atom stereocenters. The second kappa shape index (κ2) is 10.3. The molecular formula is C23H26FN5OS2. The van der Waals surface area contributed by atoms with Gasteiger partial charge in [-0.3, -0.25) is 4.79 Å². The van der Waals surface area contributed by atoms with Gasteiger partial charge in [0, 0.05) is 31.9 Å². The number of hydrogen-bond donors (Lipinski definition) is 1. The lowest BCUT2D eigenvalue weighted by Crippen LogP contribution is -2.49. The molecule has 3 aromatic rings. The highest BCUT2D eigenvalue weighted by atomic mass is 32.2. The average molecular weight is 472 g/mol. The summed E-state index contributed by atoms with van der Waals surface area (Å²) in [6.45, 7) is 6.63. The van der Waals surface area contributed by atoms with Crippen molar-refractivity contribution in [1.82, 2.24) is 15.1 Å². The molecule has 0 aliphatic carbocycles. The lowest BCUT2D eigenvalue weighted by molar-refractivity contribution is -0.128. The highest BCUT2D eigenvalue weighted by molar-refractivity contribution is 8.01. The number of aryl methyl sites for hydroxylation is 2. The van der Waals surface area contributed by atoms with Crippen molar-refractivity contribution >= 4 is 45.5 Å². The van der Waals surface area contributed by atoms with Crippen LogP contribution in [-0.2, 0) is 11.2 Å². The van der Waals surface area contributed by atoms with Crippen LogP contribution in [0.15, 0.2) is 46.8 Å². The van der Waals surface area contributed by atoms with E-state index in [4.69, 9.17) is 0 Å². The van der Waals surface area contributed by atoms with Gasteiger partial charge in [0.15, 0.2) is 4.34 Å². The Morgan fingerprint density at radius 3 is 2.66 bits per heavy atom. The molecular weight excluding hydrogens is 445 g/mol. The molecule has 1 N–H and O–H groups in total. The second-order valence-electron chi connectivity index (χ2n) is 7.57. The first-order valence-corrected chi connectivity index (χ1v) is 12.4. The van der Waals surface area contributed by atoms with Gasteiger partial charge in [-0.1, -0.05) is 60.4 Å². The summed E-state index contributed by atoms with van der Waals surface area (Å²) in [5, 5.41) is 12.6. The van der Waals surface area contributed by atoms with Gasteiger partial charge in [0.05, 0.1) is 11.4 Å². The van der Waals surface area contributed by atoms with Crippen LogP contribution < -0.4 is 10.2 Å². The van der Waals surface area contributed by atoms with Crippen molar-refractivity contribution in [3.05, 3.63) is 59.4 Å². The van der Waals surface area contributed by atoms with E-state index in [2.05, 4.69) is 47.6 Å². The number of piperazine rings is 1. The van der Waals surface area contributed by atoms with Gasteiger partial charge >= 0.3 is 0 Å². The number of halogens is 1. The van der Waals surface area contributed by atoms with E-state index >= 15 is 0 Å². The molecule has 32 heavy (non-hydrogen) atoms. The topological polar surface area (TPSA) is 61.4 Å². The highest BCUT2D eigenvalue weighted by Gasteiger charge is 2.23.